The first-order valence-electron chi connectivity index (χ1n) is 5.05. The van der Waals surface area contributed by atoms with E-state index in [1.54, 1.807) is 0 Å². The van der Waals surface area contributed by atoms with E-state index in [9.17, 15) is 18.0 Å². The molecule has 2 rings (SSSR count). The van der Waals surface area contributed by atoms with Gasteiger partial charge in [0.15, 0.2) is 5.69 Å². The van der Waals surface area contributed by atoms with Crippen molar-refractivity contribution in [1.82, 2.24) is 9.78 Å². The highest BCUT2D eigenvalue weighted by Crippen LogP contribution is 2.33. The van der Waals surface area contributed by atoms with Gasteiger partial charge in [-0.2, -0.15) is 18.3 Å². The molecule has 2 aromatic rings. The van der Waals surface area contributed by atoms with E-state index in [1.165, 1.54) is 24.3 Å². The summed E-state index contributed by atoms with van der Waals surface area (Å²) in [6.07, 6.45) is -4.18. The highest BCUT2D eigenvalue weighted by Gasteiger charge is 2.40. The zero-order chi connectivity index (χ0) is 14.2. The molecule has 0 spiro atoms. The summed E-state index contributed by atoms with van der Waals surface area (Å²) >= 11 is 0. The highest BCUT2D eigenvalue weighted by atomic mass is 19.4. The average molecular weight is 271 g/mol. The van der Waals surface area contributed by atoms with Crippen LogP contribution in [0.1, 0.15) is 16.1 Å². The van der Waals surface area contributed by atoms with E-state index in [-0.39, 0.29) is 11.4 Å². The van der Waals surface area contributed by atoms with Gasteiger partial charge in [0.25, 0.3) is 0 Å². The molecule has 5 nitrogen and oxygen atoms in total. The first-order chi connectivity index (χ1) is 8.80. The van der Waals surface area contributed by atoms with E-state index >= 15 is 0 Å². The number of benzene rings is 1. The summed E-state index contributed by atoms with van der Waals surface area (Å²) in [7, 11) is 0. The van der Waals surface area contributed by atoms with Crippen molar-refractivity contribution < 1.29 is 23.1 Å². The molecular formula is C11H8F3N3O2. The molecule has 1 heterocycles. The number of hydrogen-bond acceptors (Lipinski definition) is 3. The van der Waals surface area contributed by atoms with Crippen LogP contribution in [0, 0.1) is 0 Å². The number of nitrogen functional groups attached to an aromatic ring is 1. The van der Waals surface area contributed by atoms with Crippen molar-refractivity contribution >= 4 is 11.7 Å². The van der Waals surface area contributed by atoms with Gasteiger partial charge in [-0.1, -0.05) is 6.07 Å². The van der Waals surface area contributed by atoms with E-state index in [0.29, 0.717) is 10.9 Å². The monoisotopic (exact) mass is 271 g/mol. The number of rotatable bonds is 2. The minimum Gasteiger partial charge on any atom is -0.478 e. The largest absolute Gasteiger partial charge is 0.478 e. The first kappa shape index (κ1) is 12.9. The molecule has 0 amide bonds. The highest BCUT2D eigenvalue weighted by molar-refractivity contribution is 5.89. The molecule has 0 unspecified atom stereocenters. The number of carbonyl (C=O) groups is 1. The molecule has 0 bridgehead atoms. The second-order valence-corrected chi connectivity index (χ2v) is 3.72. The summed E-state index contributed by atoms with van der Waals surface area (Å²) in [5.41, 5.74) is 3.52. The van der Waals surface area contributed by atoms with Gasteiger partial charge in [0, 0.05) is 5.69 Å². The van der Waals surface area contributed by atoms with Gasteiger partial charge >= 0.3 is 12.1 Å². The molecule has 8 heteroatoms. The number of nitrogens with zero attached hydrogens (tertiary/aromatic N) is 2. The standard InChI is InChI=1S/C11H8F3N3O2/c12-11(13,14)9-8(10(18)19)5-16-17(9)7-3-1-2-6(15)4-7/h1-5H,15H2,(H,18,19). The van der Waals surface area contributed by atoms with Crippen LogP contribution in [0.25, 0.3) is 5.69 Å². The van der Waals surface area contributed by atoms with Gasteiger partial charge < -0.3 is 10.8 Å². The van der Waals surface area contributed by atoms with Crippen LogP contribution < -0.4 is 5.73 Å². The lowest BCUT2D eigenvalue weighted by Gasteiger charge is -2.11. The molecule has 0 radical (unpaired) electrons. The maximum absolute atomic E-state index is 12.9. The Morgan fingerprint density at radius 3 is 2.58 bits per heavy atom. The zero-order valence-corrected chi connectivity index (χ0v) is 9.35. The minimum atomic E-state index is -4.84. The lowest BCUT2D eigenvalue weighted by molar-refractivity contribution is -0.143. The average Bonchev–Trinajstić information content (AvgIpc) is 2.73. The van der Waals surface area contributed by atoms with Gasteiger partial charge in [-0.25, -0.2) is 9.48 Å². The summed E-state index contributed by atoms with van der Waals surface area (Å²) in [4.78, 5) is 10.8. The first-order valence-corrected chi connectivity index (χ1v) is 5.05. The number of aromatic nitrogens is 2. The predicted molar refractivity (Wildman–Crippen MR) is 59.9 cm³/mol. The number of alkyl halides is 3. The number of halogens is 3. The van der Waals surface area contributed by atoms with Crippen molar-refractivity contribution in [2.45, 2.75) is 6.18 Å². The molecule has 0 aliphatic rings. The molecule has 3 N–H and O–H groups in total. The Morgan fingerprint density at radius 1 is 1.37 bits per heavy atom. The molecular weight excluding hydrogens is 263 g/mol. The summed E-state index contributed by atoms with van der Waals surface area (Å²) in [6, 6.07) is 5.57. The van der Waals surface area contributed by atoms with Crippen LogP contribution >= 0.6 is 0 Å². The molecule has 0 atom stereocenters. The van der Waals surface area contributed by atoms with E-state index in [2.05, 4.69) is 5.10 Å². The van der Waals surface area contributed by atoms with Gasteiger partial charge in [-0.3, -0.25) is 0 Å². The Labute approximate surface area is 105 Å². The van der Waals surface area contributed by atoms with Gasteiger partial charge in [0.05, 0.1) is 11.9 Å². The summed E-state index contributed by atoms with van der Waals surface area (Å²) < 4.78 is 39.3. The van der Waals surface area contributed by atoms with Crippen molar-refractivity contribution in [2.24, 2.45) is 0 Å². The lowest BCUT2D eigenvalue weighted by atomic mass is 10.2. The van der Waals surface area contributed by atoms with Gasteiger partial charge in [0.1, 0.15) is 5.56 Å². The number of aromatic carboxylic acids is 1. The van der Waals surface area contributed by atoms with E-state index in [1.807, 2.05) is 0 Å². The molecule has 1 aromatic heterocycles. The van der Waals surface area contributed by atoms with Gasteiger partial charge in [-0.05, 0) is 18.2 Å². The topological polar surface area (TPSA) is 81.1 Å². The summed E-state index contributed by atoms with van der Waals surface area (Å²) in [6.45, 7) is 0. The molecule has 100 valence electrons. The van der Waals surface area contributed by atoms with Crippen molar-refractivity contribution in [2.75, 3.05) is 5.73 Å². The van der Waals surface area contributed by atoms with Crippen molar-refractivity contribution in [3.8, 4) is 5.69 Å². The van der Waals surface area contributed by atoms with Crippen LogP contribution in [0.5, 0.6) is 0 Å². The number of carboxylic acids is 1. The Balaban J connectivity index is 2.68. The fraction of sp³-hybridized carbons (Fsp3) is 0.0909. The third-order valence-electron chi connectivity index (χ3n) is 2.38. The summed E-state index contributed by atoms with van der Waals surface area (Å²) in [5.74, 6) is -1.69. The van der Waals surface area contributed by atoms with Crippen LogP contribution in [0.4, 0.5) is 18.9 Å². The Bertz CT molecular complexity index is 634. The molecule has 0 fully saturated rings. The molecule has 0 aliphatic heterocycles. The zero-order valence-electron chi connectivity index (χ0n) is 9.35. The van der Waals surface area contributed by atoms with Crippen LogP contribution in [-0.4, -0.2) is 20.9 Å². The fourth-order valence-electron chi connectivity index (χ4n) is 1.63. The minimum absolute atomic E-state index is 0.0415. The number of anilines is 1. The Kier molecular flexibility index (Phi) is 2.93. The second kappa shape index (κ2) is 4.30. The number of hydrogen-bond donors (Lipinski definition) is 2. The van der Waals surface area contributed by atoms with E-state index in [4.69, 9.17) is 10.8 Å². The molecule has 19 heavy (non-hydrogen) atoms. The molecule has 1 aromatic carbocycles. The SMILES string of the molecule is Nc1cccc(-n2ncc(C(=O)O)c2C(F)(F)F)c1. The molecule has 0 aliphatic carbocycles. The van der Waals surface area contributed by atoms with Crippen LogP contribution in [-0.2, 0) is 6.18 Å². The Morgan fingerprint density at radius 2 is 2.05 bits per heavy atom. The van der Waals surface area contributed by atoms with Crippen LogP contribution in [0.2, 0.25) is 0 Å². The maximum Gasteiger partial charge on any atom is 0.434 e. The molecule has 0 saturated carbocycles. The second-order valence-electron chi connectivity index (χ2n) is 3.72. The van der Waals surface area contributed by atoms with Crippen molar-refractivity contribution in [3.63, 3.8) is 0 Å². The number of carboxylic acid groups (broad SMARTS) is 1. The van der Waals surface area contributed by atoms with E-state index in [0.717, 1.165) is 0 Å². The third kappa shape index (κ3) is 2.37. The predicted octanol–water partition coefficient (Wildman–Crippen LogP) is 2.17. The summed E-state index contributed by atoms with van der Waals surface area (Å²) in [5, 5.41) is 12.2. The van der Waals surface area contributed by atoms with Crippen molar-refractivity contribution in [1.29, 1.82) is 0 Å². The smallest absolute Gasteiger partial charge is 0.434 e. The van der Waals surface area contributed by atoms with Crippen LogP contribution in [0.15, 0.2) is 30.5 Å². The molecule has 0 saturated heterocycles. The number of nitrogens with two attached hydrogens (primary N) is 1. The quantitative estimate of drug-likeness (QED) is 0.820. The fourth-order valence-corrected chi connectivity index (χ4v) is 1.63. The van der Waals surface area contributed by atoms with Crippen LogP contribution in [0.3, 0.4) is 0 Å². The van der Waals surface area contributed by atoms with E-state index < -0.39 is 23.4 Å². The maximum atomic E-state index is 12.9. The normalized spacial score (nSPS) is 11.5. The lowest BCUT2D eigenvalue weighted by Crippen LogP contribution is -2.17. The van der Waals surface area contributed by atoms with Gasteiger partial charge in [0.2, 0.25) is 0 Å². The van der Waals surface area contributed by atoms with Gasteiger partial charge in [-0.15, -0.1) is 0 Å². The Hall–Kier alpha value is -2.51. The van der Waals surface area contributed by atoms with Crippen molar-refractivity contribution in [3.05, 3.63) is 41.7 Å². The third-order valence-corrected chi connectivity index (χ3v) is 2.38.